The highest BCUT2D eigenvalue weighted by Gasteiger charge is 2.21. The number of nitrogens with one attached hydrogen (secondary N) is 1. The predicted molar refractivity (Wildman–Crippen MR) is 129 cm³/mol. The maximum Gasteiger partial charge on any atom is 0.295 e. The van der Waals surface area contributed by atoms with Gasteiger partial charge in [-0.05, 0) is 47.5 Å². The molecule has 0 spiro atoms. The molecule has 0 saturated heterocycles. The van der Waals surface area contributed by atoms with Crippen LogP contribution in [0.3, 0.4) is 0 Å². The Bertz CT molecular complexity index is 1670. The number of nitrogens with zero attached hydrogens (tertiary/aromatic N) is 1. The normalized spacial score (nSPS) is 11.7. The van der Waals surface area contributed by atoms with Crippen LogP contribution in [0, 0.1) is 0 Å². The minimum Gasteiger partial charge on any atom is -0.507 e. The molecule has 1 heterocycles. The second-order valence-corrected chi connectivity index (χ2v) is 9.07. The average molecular weight is 477 g/mol. The summed E-state index contributed by atoms with van der Waals surface area (Å²) in [4.78, 5) is 7.42. The Labute approximate surface area is 195 Å². The number of hydrogen-bond donors (Lipinski definition) is 3. The number of phenols is 1. The summed E-state index contributed by atoms with van der Waals surface area (Å²) < 4.78 is 44.7. The summed E-state index contributed by atoms with van der Waals surface area (Å²) in [6.45, 7) is 0. The van der Waals surface area contributed by atoms with Crippen molar-refractivity contribution in [1.29, 1.82) is 0 Å². The highest BCUT2D eigenvalue weighted by atomic mass is 32.2. The lowest BCUT2D eigenvalue weighted by atomic mass is 10.0. The van der Waals surface area contributed by atoms with Gasteiger partial charge in [-0.25, -0.2) is 4.98 Å². The van der Waals surface area contributed by atoms with E-state index in [0.29, 0.717) is 28.2 Å². The Hall–Kier alpha value is -4.08. The number of methoxy groups -OCH3 is 2. The van der Waals surface area contributed by atoms with Crippen LogP contribution in [0.1, 0.15) is 0 Å². The molecule has 0 amide bonds. The van der Waals surface area contributed by atoms with Crippen molar-refractivity contribution in [3.05, 3.63) is 66.7 Å². The zero-order chi connectivity index (χ0) is 24.0. The molecule has 0 atom stereocenters. The van der Waals surface area contributed by atoms with Crippen molar-refractivity contribution in [3.8, 4) is 39.8 Å². The van der Waals surface area contributed by atoms with E-state index in [2.05, 4.69) is 9.97 Å². The van der Waals surface area contributed by atoms with Crippen molar-refractivity contribution in [2.24, 2.45) is 0 Å². The molecule has 34 heavy (non-hydrogen) atoms. The van der Waals surface area contributed by atoms with Crippen LogP contribution in [-0.4, -0.2) is 42.3 Å². The van der Waals surface area contributed by atoms with Gasteiger partial charge in [-0.3, -0.25) is 4.55 Å². The van der Waals surface area contributed by atoms with Crippen LogP contribution >= 0.6 is 0 Å². The number of rotatable bonds is 5. The first kappa shape index (κ1) is 21.7. The van der Waals surface area contributed by atoms with Gasteiger partial charge in [-0.1, -0.05) is 30.3 Å². The highest BCUT2D eigenvalue weighted by Crippen LogP contribution is 2.39. The van der Waals surface area contributed by atoms with Crippen LogP contribution in [0.4, 0.5) is 0 Å². The van der Waals surface area contributed by atoms with Crippen LogP contribution in [-0.2, 0) is 10.1 Å². The van der Waals surface area contributed by atoms with E-state index in [4.69, 9.17) is 9.47 Å². The Kier molecular flexibility index (Phi) is 5.15. The number of imidazole rings is 1. The van der Waals surface area contributed by atoms with Gasteiger partial charge in [-0.2, -0.15) is 8.42 Å². The van der Waals surface area contributed by atoms with Crippen LogP contribution in [0.15, 0.2) is 71.6 Å². The standard InChI is InChI=1S/C25H20N2O6S/c1-32-16-6-3-5-14(11-16)15-9-10-17(21(12-15)33-2)25-26-19-13-22(34(29,30)31)18-7-4-8-20(28)23(18)24(19)27-25/h3-13,28H,1-2H3,(H,26,27)(H,29,30,31). The third kappa shape index (κ3) is 3.60. The molecule has 8 nitrogen and oxygen atoms in total. The largest absolute Gasteiger partial charge is 0.507 e. The van der Waals surface area contributed by atoms with Gasteiger partial charge in [0.2, 0.25) is 0 Å². The van der Waals surface area contributed by atoms with Gasteiger partial charge in [0.25, 0.3) is 10.1 Å². The maximum atomic E-state index is 12.0. The van der Waals surface area contributed by atoms with Crippen molar-refractivity contribution in [3.63, 3.8) is 0 Å². The average Bonchev–Trinajstić information content (AvgIpc) is 3.26. The van der Waals surface area contributed by atoms with E-state index < -0.39 is 10.1 Å². The van der Waals surface area contributed by atoms with Crippen molar-refractivity contribution in [2.75, 3.05) is 14.2 Å². The van der Waals surface area contributed by atoms with E-state index in [-0.39, 0.29) is 21.4 Å². The summed E-state index contributed by atoms with van der Waals surface area (Å²) in [5, 5.41) is 10.9. The summed E-state index contributed by atoms with van der Waals surface area (Å²) in [6.07, 6.45) is 0. The zero-order valence-corrected chi connectivity index (χ0v) is 19.1. The van der Waals surface area contributed by atoms with E-state index in [1.54, 1.807) is 14.2 Å². The molecule has 0 aliphatic heterocycles. The smallest absolute Gasteiger partial charge is 0.295 e. The van der Waals surface area contributed by atoms with Crippen LogP contribution in [0.5, 0.6) is 17.2 Å². The van der Waals surface area contributed by atoms with Gasteiger partial charge >= 0.3 is 0 Å². The molecule has 5 aromatic rings. The molecule has 0 bridgehead atoms. The number of fused-ring (bicyclic) bond motifs is 3. The van der Waals surface area contributed by atoms with E-state index in [9.17, 15) is 18.1 Å². The maximum absolute atomic E-state index is 12.0. The molecule has 4 aromatic carbocycles. The lowest BCUT2D eigenvalue weighted by molar-refractivity contribution is 0.414. The lowest BCUT2D eigenvalue weighted by Gasteiger charge is -2.10. The summed E-state index contributed by atoms with van der Waals surface area (Å²) in [5.74, 6) is 1.55. The minimum absolute atomic E-state index is 0.147. The number of benzene rings is 4. The number of H-pyrrole nitrogens is 1. The fourth-order valence-electron chi connectivity index (χ4n) is 4.09. The number of phenolic OH excluding ortho intramolecular Hbond substituents is 1. The fraction of sp³-hybridized carbons (Fsp3) is 0.0800. The molecule has 0 fully saturated rings. The monoisotopic (exact) mass is 476 g/mol. The SMILES string of the molecule is COc1cccc(-c2ccc(-c3nc4c(cc(S(=O)(=O)O)c5cccc(O)c54)[nH]3)c(OC)c2)c1. The molecule has 0 aliphatic carbocycles. The van der Waals surface area contributed by atoms with Crippen LogP contribution in [0.25, 0.3) is 44.3 Å². The van der Waals surface area contributed by atoms with E-state index in [0.717, 1.165) is 16.9 Å². The van der Waals surface area contributed by atoms with E-state index in [1.807, 2.05) is 42.5 Å². The predicted octanol–water partition coefficient (Wildman–Crippen LogP) is 5.02. The van der Waals surface area contributed by atoms with Gasteiger partial charge in [0.15, 0.2) is 0 Å². The number of hydrogen-bond acceptors (Lipinski definition) is 6. The van der Waals surface area contributed by atoms with Gasteiger partial charge in [0.1, 0.15) is 33.5 Å². The second kappa shape index (κ2) is 8.05. The first-order valence-electron chi connectivity index (χ1n) is 10.2. The first-order valence-corrected chi connectivity index (χ1v) is 11.7. The van der Waals surface area contributed by atoms with Gasteiger partial charge < -0.3 is 19.6 Å². The topological polar surface area (TPSA) is 122 Å². The minimum atomic E-state index is -4.54. The molecule has 0 saturated carbocycles. The van der Waals surface area contributed by atoms with Gasteiger partial charge in [0.05, 0.1) is 30.7 Å². The Morgan fingerprint density at radius 2 is 1.68 bits per heavy atom. The first-order chi connectivity index (χ1) is 16.3. The number of aromatic hydroxyl groups is 1. The third-order valence-electron chi connectivity index (χ3n) is 5.69. The molecule has 1 aromatic heterocycles. The molecule has 0 radical (unpaired) electrons. The van der Waals surface area contributed by atoms with Crippen molar-refractivity contribution < 1.29 is 27.6 Å². The van der Waals surface area contributed by atoms with Crippen molar-refractivity contribution >= 4 is 31.9 Å². The fourth-order valence-corrected chi connectivity index (χ4v) is 4.81. The number of ether oxygens (including phenoxy) is 2. The lowest BCUT2D eigenvalue weighted by Crippen LogP contribution is -1.99. The Balaban J connectivity index is 1.71. The summed E-state index contributed by atoms with van der Waals surface area (Å²) in [5.41, 5.74) is 3.21. The zero-order valence-electron chi connectivity index (χ0n) is 18.2. The molecular weight excluding hydrogens is 456 g/mol. The van der Waals surface area contributed by atoms with Crippen molar-refractivity contribution in [2.45, 2.75) is 4.90 Å². The summed E-state index contributed by atoms with van der Waals surface area (Å²) >= 11 is 0. The molecule has 9 heteroatoms. The Morgan fingerprint density at radius 1 is 0.912 bits per heavy atom. The van der Waals surface area contributed by atoms with Gasteiger partial charge in [0, 0.05) is 5.39 Å². The molecule has 0 unspecified atom stereocenters. The molecule has 3 N–H and O–H groups in total. The number of aromatic amines is 1. The second-order valence-electron chi connectivity index (χ2n) is 7.68. The number of aromatic nitrogens is 2. The Morgan fingerprint density at radius 3 is 2.41 bits per heavy atom. The van der Waals surface area contributed by atoms with Gasteiger partial charge in [-0.15, -0.1) is 0 Å². The molecule has 5 rings (SSSR count). The van der Waals surface area contributed by atoms with Crippen LogP contribution in [0.2, 0.25) is 0 Å². The van der Waals surface area contributed by atoms with E-state index in [1.165, 1.54) is 24.3 Å². The molecular formula is C25H20N2O6S. The van der Waals surface area contributed by atoms with E-state index >= 15 is 0 Å². The highest BCUT2D eigenvalue weighted by molar-refractivity contribution is 7.86. The summed E-state index contributed by atoms with van der Waals surface area (Å²) in [6, 6.07) is 19.0. The van der Waals surface area contributed by atoms with Crippen LogP contribution < -0.4 is 9.47 Å². The molecule has 172 valence electrons. The van der Waals surface area contributed by atoms with Crippen molar-refractivity contribution in [1.82, 2.24) is 9.97 Å². The summed E-state index contributed by atoms with van der Waals surface area (Å²) in [7, 11) is -1.38. The third-order valence-corrected chi connectivity index (χ3v) is 6.58. The molecule has 0 aliphatic rings. The quantitative estimate of drug-likeness (QED) is 0.305.